The molecule has 0 spiro atoms. The molecule has 30 heavy (non-hydrogen) atoms. The van der Waals surface area contributed by atoms with Gasteiger partial charge in [0.1, 0.15) is 5.69 Å². The number of benzene rings is 1. The van der Waals surface area contributed by atoms with Crippen LogP contribution in [0.2, 0.25) is 0 Å². The molecule has 0 bridgehead atoms. The molecule has 4 heterocycles. The number of nitrogens with zero attached hydrogens (tertiary/aromatic N) is 3. The van der Waals surface area contributed by atoms with E-state index < -0.39 is 24.4 Å². The lowest BCUT2D eigenvalue weighted by Crippen LogP contribution is -2.55. The molecule has 152 valence electrons. The van der Waals surface area contributed by atoms with Gasteiger partial charge in [0, 0.05) is 47.7 Å². The van der Waals surface area contributed by atoms with Crippen molar-refractivity contribution in [3.63, 3.8) is 0 Å². The van der Waals surface area contributed by atoms with Gasteiger partial charge in [-0.1, -0.05) is 18.2 Å². The van der Waals surface area contributed by atoms with Gasteiger partial charge >= 0.3 is 0 Å². The molecule has 1 aromatic carbocycles. The van der Waals surface area contributed by atoms with E-state index in [-0.39, 0.29) is 24.7 Å². The Labute approximate surface area is 170 Å². The highest BCUT2D eigenvalue weighted by molar-refractivity contribution is 6.04. The third-order valence-electron chi connectivity index (χ3n) is 5.38. The van der Waals surface area contributed by atoms with Crippen LogP contribution in [0.5, 0.6) is 5.88 Å². The van der Waals surface area contributed by atoms with E-state index in [0.717, 1.165) is 10.9 Å². The molecule has 5 rings (SSSR count). The number of carbonyl (C=O) groups excluding carboxylic acids is 1. The Balaban J connectivity index is 1.40. The van der Waals surface area contributed by atoms with E-state index in [2.05, 4.69) is 15.0 Å². The van der Waals surface area contributed by atoms with Crippen molar-refractivity contribution in [2.45, 2.75) is 18.4 Å². The lowest BCUT2D eigenvalue weighted by Gasteiger charge is -2.37. The Kier molecular flexibility index (Phi) is 4.34. The molecular formula is C22H18F2N4O2. The molecule has 1 atom stereocenters. The second-order valence-electron chi connectivity index (χ2n) is 7.31. The highest BCUT2D eigenvalue weighted by Crippen LogP contribution is 2.32. The first-order chi connectivity index (χ1) is 14.5. The predicted octanol–water partition coefficient (Wildman–Crippen LogP) is 4.04. The SMILES string of the molecule is O=C(c1nccc2[nH]ccc12)N1CCC(F)(F)[C@@H](Oc2ccc3ccccc3n2)C1. The number of ether oxygens (including phenoxy) is 1. The summed E-state index contributed by atoms with van der Waals surface area (Å²) in [5.41, 5.74) is 1.66. The Morgan fingerprint density at radius 3 is 2.93 bits per heavy atom. The zero-order valence-corrected chi connectivity index (χ0v) is 15.9. The maximum absolute atomic E-state index is 14.6. The van der Waals surface area contributed by atoms with Gasteiger partial charge in [0.2, 0.25) is 5.88 Å². The second-order valence-corrected chi connectivity index (χ2v) is 7.31. The average molecular weight is 408 g/mol. The van der Waals surface area contributed by atoms with E-state index in [1.54, 1.807) is 36.5 Å². The number of H-pyrrole nitrogens is 1. The zero-order valence-electron chi connectivity index (χ0n) is 15.9. The fourth-order valence-electron chi connectivity index (χ4n) is 3.74. The smallest absolute Gasteiger partial charge is 0.287 e. The van der Waals surface area contributed by atoms with Crippen LogP contribution in [0.4, 0.5) is 8.78 Å². The number of fused-ring (bicyclic) bond motifs is 2. The van der Waals surface area contributed by atoms with E-state index in [1.165, 1.54) is 11.1 Å². The summed E-state index contributed by atoms with van der Waals surface area (Å²) in [6.07, 6.45) is 1.26. The molecule has 1 fully saturated rings. The number of nitrogens with one attached hydrogen (secondary N) is 1. The Bertz CT molecular complexity index is 1240. The molecule has 3 aromatic heterocycles. The normalized spacial score (nSPS) is 18.6. The van der Waals surface area contributed by atoms with Crippen molar-refractivity contribution in [2.75, 3.05) is 13.1 Å². The van der Waals surface area contributed by atoms with Crippen LogP contribution in [0, 0.1) is 0 Å². The maximum Gasteiger partial charge on any atom is 0.287 e. The number of aromatic amines is 1. The molecule has 1 N–H and O–H groups in total. The van der Waals surface area contributed by atoms with Gasteiger partial charge in [-0.15, -0.1) is 0 Å². The fraction of sp³-hybridized carbons (Fsp3) is 0.227. The van der Waals surface area contributed by atoms with Gasteiger partial charge in [-0.2, -0.15) is 0 Å². The Morgan fingerprint density at radius 2 is 2.03 bits per heavy atom. The maximum atomic E-state index is 14.6. The highest BCUT2D eigenvalue weighted by atomic mass is 19.3. The van der Waals surface area contributed by atoms with Crippen LogP contribution in [0.1, 0.15) is 16.9 Å². The van der Waals surface area contributed by atoms with Gasteiger partial charge in [0.15, 0.2) is 6.10 Å². The first-order valence-electron chi connectivity index (χ1n) is 9.63. The minimum absolute atomic E-state index is 0.0701. The third kappa shape index (κ3) is 3.24. The monoisotopic (exact) mass is 408 g/mol. The summed E-state index contributed by atoms with van der Waals surface area (Å²) in [5, 5.41) is 1.55. The number of halogens is 2. The standard InChI is InChI=1S/C22H18F2N4O2/c23-22(24)9-12-28(21(29)20-15-7-10-25-17(15)8-11-26-20)13-18(22)30-19-6-5-14-3-1-2-4-16(14)27-19/h1-8,10-11,18,25H,9,12-13H2/t18-/m0/s1. The van der Waals surface area contributed by atoms with E-state index in [4.69, 9.17) is 4.74 Å². The van der Waals surface area contributed by atoms with Crippen LogP contribution in [-0.4, -0.2) is 50.9 Å². The number of para-hydroxylation sites is 1. The van der Waals surface area contributed by atoms with E-state index in [9.17, 15) is 13.6 Å². The molecule has 1 saturated heterocycles. The largest absolute Gasteiger partial charge is 0.466 e. The lowest BCUT2D eigenvalue weighted by molar-refractivity contribution is -0.131. The van der Waals surface area contributed by atoms with Gasteiger partial charge in [-0.25, -0.2) is 13.8 Å². The third-order valence-corrected chi connectivity index (χ3v) is 5.38. The van der Waals surface area contributed by atoms with Crippen molar-refractivity contribution in [1.29, 1.82) is 0 Å². The number of amides is 1. The molecule has 8 heteroatoms. The quantitative estimate of drug-likeness (QED) is 0.555. The van der Waals surface area contributed by atoms with E-state index >= 15 is 0 Å². The highest BCUT2D eigenvalue weighted by Gasteiger charge is 2.47. The van der Waals surface area contributed by atoms with Crippen molar-refractivity contribution >= 4 is 27.7 Å². The van der Waals surface area contributed by atoms with Gasteiger partial charge in [-0.05, 0) is 24.3 Å². The van der Waals surface area contributed by atoms with Gasteiger partial charge in [-0.3, -0.25) is 9.78 Å². The van der Waals surface area contributed by atoms with Crippen molar-refractivity contribution < 1.29 is 18.3 Å². The molecule has 0 radical (unpaired) electrons. The molecule has 4 aromatic rings. The Morgan fingerprint density at radius 1 is 1.17 bits per heavy atom. The minimum Gasteiger partial charge on any atom is -0.466 e. The second kappa shape index (κ2) is 7.05. The summed E-state index contributed by atoms with van der Waals surface area (Å²) in [5.74, 6) is -3.35. The lowest BCUT2D eigenvalue weighted by atomic mass is 10.0. The van der Waals surface area contributed by atoms with Crippen molar-refractivity contribution in [3.05, 3.63) is 66.6 Å². The first-order valence-corrected chi connectivity index (χ1v) is 9.63. The number of aromatic nitrogens is 3. The number of piperidine rings is 1. The predicted molar refractivity (Wildman–Crippen MR) is 108 cm³/mol. The molecule has 1 aliphatic rings. The van der Waals surface area contributed by atoms with Crippen molar-refractivity contribution in [2.24, 2.45) is 0 Å². The summed E-state index contributed by atoms with van der Waals surface area (Å²) in [4.78, 5) is 25.9. The van der Waals surface area contributed by atoms with Gasteiger partial charge < -0.3 is 14.6 Å². The zero-order chi connectivity index (χ0) is 20.7. The number of alkyl halides is 2. The summed E-state index contributed by atoms with van der Waals surface area (Å²) in [7, 11) is 0. The number of hydrogen-bond acceptors (Lipinski definition) is 4. The van der Waals surface area contributed by atoms with Crippen LogP contribution < -0.4 is 4.74 Å². The minimum atomic E-state index is -3.07. The topological polar surface area (TPSA) is 71.1 Å². The number of rotatable bonds is 3. The molecule has 0 unspecified atom stereocenters. The van der Waals surface area contributed by atoms with Crippen LogP contribution in [-0.2, 0) is 0 Å². The molecule has 6 nitrogen and oxygen atoms in total. The van der Waals surface area contributed by atoms with Crippen molar-refractivity contribution in [1.82, 2.24) is 19.9 Å². The van der Waals surface area contributed by atoms with Crippen LogP contribution in [0.15, 0.2) is 60.9 Å². The van der Waals surface area contributed by atoms with Crippen LogP contribution in [0.25, 0.3) is 21.8 Å². The number of pyridine rings is 2. The molecule has 1 aliphatic heterocycles. The van der Waals surface area contributed by atoms with Crippen LogP contribution >= 0.6 is 0 Å². The number of hydrogen-bond donors (Lipinski definition) is 1. The first kappa shape index (κ1) is 18.5. The summed E-state index contributed by atoms with van der Waals surface area (Å²) >= 11 is 0. The van der Waals surface area contributed by atoms with Gasteiger partial charge in [0.05, 0.1) is 12.1 Å². The molecule has 0 saturated carbocycles. The van der Waals surface area contributed by atoms with Crippen LogP contribution in [0.3, 0.4) is 0 Å². The summed E-state index contributed by atoms with van der Waals surface area (Å²) in [6, 6.07) is 14.2. The summed E-state index contributed by atoms with van der Waals surface area (Å²) < 4.78 is 34.8. The summed E-state index contributed by atoms with van der Waals surface area (Å²) in [6.45, 7) is -0.317. The van der Waals surface area contributed by atoms with Gasteiger partial charge in [0.25, 0.3) is 11.8 Å². The molecule has 0 aliphatic carbocycles. The molecule has 1 amide bonds. The van der Waals surface area contributed by atoms with E-state index in [0.29, 0.717) is 10.9 Å². The molecular weight excluding hydrogens is 390 g/mol. The van der Waals surface area contributed by atoms with E-state index in [1.807, 2.05) is 18.2 Å². The Hall–Kier alpha value is -3.55. The fourth-order valence-corrected chi connectivity index (χ4v) is 3.74. The average Bonchev–Trinajstić information content (AvgIpc) is 3.23. The number of likely N-dealkylation sites (tertiary alicyclic amines) is 1. The van der Waals surface area contributed by atoms with Crippen molar-refractivity contribution in [3.8, 4) is 5.88 Å². The number of carbonyl (C=O) groups is 1.